The second-order valence-electron chi connectivity index (χ2n) is 4.92. The van der Waals surface area contributed by atoms with Gasteiger partial charge in [0.2, 0.25) is 0 Å². The summed E-state index contributed by atoms with van der Waals surface area (Å²) in [5.41, 5.74) is 1.16. The molecular formula is C16H27NO2. The van der Waals surface area contributed by atoms with E-state index in [4.69, 9.17) is 9.47 Å². The summed E-state index contributed by atoms with van der Waals surface area (Å²) in [5.74, 6) is 1.74. The first-order chi connectivity index (χ1) is 9.19. The molecule has 0 unspecified atom stereocenters. The molecule has 0 aliphatic carbocycles. The number of ether oxygens (including phenoxy) is 2. The zero-order valence-electron chi connectivity index (χ0n) is 12.7. The van der Waals surface area contributed by atoms with Crippen LogP contribution < -0.4 is 14.8 Å². The molecule has 19 heavy (non-hydrogen) atoms. The van der Waals surface area contributed by atoms with E-state index in [2.05, 4.69) is 32.2 Å². The van der Waals surface area contributed by atoms with Crippen molar-refractivity contribution in [3.05, 3.63) is 23.8 Å². The smallest absolute Gasteiger partial charge is 0.165 e. The lowest BCUT2D eigenvalue weighted by Gasteiger charge is -2.17. The summed E-state index contributed by atoms with van der Waals surface area (Å²) in [7, 11) is 0. The number of nitrogens with one attached hydrogen (secondary N) is 1. The van der Waals surface area contributed by atoms with Gasteiger partial charge >= 0.3 is 0 Å². The minimum atomic E-state index is 0.458. The molecule has 1 N–H and O–H groups in total. The Morgan fingerprint density at radius 3 is 2.58 bits per heavy atom. The topological polar surface area (TPSA) is 30.5 Å². The molecule has 1 aromatic rings. The van der Waals surface area contributed by atoms with Crippen LogP contribution in [-0.4, -0.2) is 19.3 Å². The predicted octanol–water partition coefficient (Wildman–Crippen LogP) is 3.76. The number of para-hydroxylation sites is 1. The summed E-state index contributed by atoms with van der Waals surface area (Å²) in [6.45, 7) is 10.7. The standard InChI is InChI=1S/C16H27NO2/c1-5-7-11-19-16-14(12-17-13(3)4)9-8-10-15(16)18-6-2/h8-10,13,17H,5-7,11-12H2,1-4H3. The second-order valence-corrected chi connectivity index (χ2v) is 4.92. The molecule has 1 rings (SSSR count). The van der Waals surface area contributed by atoms with Gasteiger partial charge in [-0.25, -0.2) is 0 Å². The Morgan fingerprint density at radius 1 is 1.16 bits per heavy atom. The highest BCUT2D eigenvalue weighted by atomic mass is 16.5. The third-order valence-electron chi connectivity index (χ3n) is 2.81. The van der Waals surface area contributed by atoms with Crippen LogP contribution in [0.2, 0.25) is 0 Å². The molecule has 0 bridgehead atoms. The van der Waals surface area contributed by atoms with Crippen LogP contribution in [0.5, 0.6) is 11.5 Å². The Kier molecular flexibility index (Phi) is 7.34. The van der Waals surface area contributed by atoms with E-state index < -0.39 is 0 Å². The average Bonchev–Trinajstić information content (AvgIpc) is 2.39. The largest absolute Gasteiger partial charge is 0.490 e. The maximum absolute atomic E-state index is 5.93. The monoisotopic (exact) mass is 265 g/mol. The Hall–Kier alpha value is -1.22. The van der Waals surface area contributed by atoms with Gasteiger partial charge in [-0.3, -0.25) is 0 Å². The second kappa shape index (κ2) is 8.81. The van der Waals surface area contributed by atoms with Crippen molar-refractivity contribution in [1.82, 2.24) is 5.32 Å². The molecule has 0 saturated carbocycles. The van der Waals surface area contributed by atoms with Crippen LogP contribution in [0.25, 0.3) is 0 Å². The lowest BCUT2D eigenvalue weighted by Crippen LogP contribution is -2.22. The van der Waals surface area contributed by atoms with E-state index >= 15 is 0 Å². The van der Waals surface area contributed by atoms with Gasteiger partial charge in [-0.15, -0.1) is 0 Å². The normalized spacial score (nSPS) is 10.8. The van der Waals surface area contributed by atoms with Crippen LogP contribution >= 0.6 is 0 Å². The number of hydrogen-bond donors (Lipinski definition) is 1. The molecule has 108 valence electrons. The summed E-state index contributed by atoms with van der Waals surface area (Å²) < 4.78 is 11.6. The molecular weight excluding hydrogens is 238 g/mol. The molecule has 3 nitrogen and oxygen atoms in total. The van der Waals surface area contributed by atoms with E-state index in [0.717, 1.165) is 43.1 Å². The molecule has 0 aliphatic rings. The van der Waals surface area contributed by atoms with E-state index in [1.165, 1.54) is 0 Å². The predicted molar refractivity (Wildman–Crippen MR) is 80.0 cm³/mol. The van der Waals surface area contributed by atoms with E-state index in [0.29, 0.717) is 12.6 Å². The van der Waals surface area contributed by atoms with Crippen LogP contribution in [-0.2, 0) is 6.54 Å². The number of rotatable bonds is 9. The summed E-state index contributed by atoms with van der Waals surface area (Å²) in [6, 6.07) is 6.55. The van der Waals surface area contributed by atoms with Crippen molar-refractivity contribution in [3.8, 4) is 11.5 Å². The maximum atomic E-state index is 5.93. The molecule has 0 aromatic heterocycles. The fourth-order valence-electron chi connectivity index (χ4n) is 1.77. The summed E-state index contributed by atoms with van der Waals surface area (Å²) >= 11 is 0. The fourth-order valence-corrected chi connectivity index (χ4v) is 1.77. The zero-order valence-corrected chi connectivity index (χ0v) is 12.7. The summed E-state index contributed by atoms with van der Waals surface area (Å²) in [4.78, 5) is 0. The third kappa shape index (κ3) is 5.52. The van der Waals surface area contributed by atoms with Crippen molar-refractivity contribution in [2.24, 2.45) is 0 Å². The summed E-state index contributed by atoms with van der Waals surface area (Å²) in [5, 5.41) is 3.43. The first-order valence-corrected chi connectivity index (χ1v) is 7.29. The van der Waals surface area contributed by atoms with Gasteiger partial charge in [0, 0.05) is 18.2 Å². The van der Waals surface area contributed by atoms with E-state index in [1.54, 1.807) is 0 Å². The number of unbranched alkanes of at least 4 members (excludes halogenated alkanes) is 1. The minimum absolute atomic E-state index is 0.458. The molecule has 1 aromatic carbocycles. The number of benzene rings is 1. The lowest BCUT2D eigenvalue weighted by atomic mass is 10.1. The van der Waals surface area contributed by atoms with Crippen molar-refractivity contribution in [1.29, 1.82) is 0 Å². The van der Waals surface area contributed by atoms with Crippen LogP contribution in [0.3, 0.4) is 0 Å². The van der Waals surface area contributed by atoms with Gasteiger partial charge in [0.05, 0.1) is 13.2 Å². The van der Waals surface area contributed by atoms with Crippen LogP contribution in [0.15, 0.2) is 18.2 Å². The SMILES string of the molecule is CCCCOc1c(CNC(C)C)cccc1OCC. The summed E-state index contributed by atoms with van der Waals surface area (Å²) in [6.07, 6.45) is 2.20. The van der Waals surface area contributed by atoms with Gasteiger partial charge < -0.3 is 14.8 Å². The first-order valence-electron chi connectivity index (χ1n) is 7.29. The van der Waals surface area contributed by atoms with Crippen molar-refractivity contribution >= 4 is 0 Å². The molecule has 0 spiro atoms. The Morgan fingerprint density at radius 2 is 1.95 bits per heavy atom. The van der Waals surface area contributed by atoms with Gasteiger partial charge in [-0.05, 0) is 19.4 Å². The van der Waals surface area contributed by atoms with Gasteiger partial charge in [-0.1, -0.05) is 39.3 Å². The quantitative estimate of drug-likeness (QED) is 0.690. The third-order valence-corrected chi connectivity index (χ3v) is 2.81. The van der Waals surface area contributed by atoms with Gasteiger partial charge in [-0.2, -0.15) is 0 Å². The van der Waals surface area contributed by atoms with Crippen molar-refractivity contribution in [3.63, 3.8) is 0 Å². The molecule has 0 saturated heterocycles. The van der Waals surface area contributed by atoms with Crippen molar-refractivity contribution < 1.29 is 9.47 Å². The lowest BCUT2D eigenvalue weighted by molar-refractivity contribution is 0.269. The molecule has 3 heteroatoms. The average molecular weight is 265 g/mol. The molecule has 0 radical (unpaired) electrons. The van der Waals surface area contributed by atoms with Crippen molar-refractivity contribution in [2.45, 2.75) is 53.1 Å². The highest BCUT2D eigenvalue weighted by Crippen LogP contribution is 2.31. The Bertz CT molecular complexity index is 364. The highest BCUT2D eigenvalue weighted by molar-refractivity contribution is 5.46. The molecule has 0 heterocycles. The van der Waals surface area contributed by atoms with Crippen LogP contribution in [0.1, 0.15) is 46.1 Å². The van der Waals surface area contributed by atoms with Gasteiger partial charge in [0.1, 0.15) is 0 Å². The van der Waals surface area contributed by atoms with Crippen LogP contribution in [0, 0.1) is 0 Å². The maximum Gasteiger partial charge on any atom is 0.165 e. The van der Waals surface area contributed by atoms with Crippen LogP contribution in [0.4, 0.5) is 0 Å². The van der Waals surface area contributed by atoms with E-state index in [9.17, 15) is 0 Å². The van der Waals surface area contributed by atoms with Gasteiger partial charge in [0.15, 0.2) is 11.5 Å². The highest BCUT2D eigenvalue weighted by Gasteiger charge is 2.11. The molecule has 0 aliphatic heterocycles. The van der Waals surface area contributed by atoms with Crippen molar-refractivity contribution in [2.75, 3.05) is 13.2 Å². The van der Waals surface area contributed by atoms with E-state index in [-0.39, 0.29) is 0 Å². The van der Waals surface area contributed by atoms with E-state index in [1.807, 2.05) is 19.1 Å². The first kappa shape index (κ1) is 15.8. The molecule has 0 fully saturated rings. The minimum Gasteiger partial charge on any atom is -0.490 e. The van der Waals surface area contributed by atoms with Gasteiger partial charge in [0.25, 0.3) is 0 Å². The molecule has 0 amide bonds. The number of hydrogen-bond acceptors (Lipinski definition) is 3. The Labute approximate surface area is 117 Å². The Balaban J connectivity index is 2.83. The molecule has 0 atom stereocenters. The fraction of sp³-hybridized carbons (Fsp3) is 0.625. The zero-order chi connectivity index (χ0) is 14.1.